The van der Waals surface area contributed by atoms with Crippen LogP contribution in [-0.4, -0.2) is 30.1 Å². The molecule has 1 aromatic carbocycles. The van der Waals surface area contributed by atoms with Gasteiger partial charge in [0.2, 0.25) is 0 Å². The Hall–Kier alpha value is -1.82. The van der Waals surface area contributed by atoms with E-state index in [1.54, 1.807) is 19.1 Å². The molecule has 5 nitrogen and oxygen atoms in total. The van der Waals surface area contributed by atoms with Crippen LogP contribution in [0.15, 0.2) is 34.3 Å². The molecule has 1 aromatic rings. The third-order valence-electron chi connectivity index (χ3n) is 2.64. The van der Waals surface area contributed by atoms with Crippen LogP contribution >= 0.6 is 15.9 Å². The molecular weight excluding hydrogens is 314 g/mol. The number of anilines is 1. The standard InChI is InChI=1S/C13H12BrNO4/c1-8(4-13(17)18)6-15-10-5-9(14)2-3-11(10)19-7-12(15)16/h2-5H,6-7H2,1H3,(H,17,18)/b8-4+. The summed E-state index contributed by atoms with van der Waals surface area (Å²) in [7, 11) is 0. The Morgan fingerprint density at radius 1 is 1.58 bits per heavy atom. The van der Waals surface area contributed by atoms with Gasteiger partial charge in [0.25, 0.3) is 5.91 Å². The lowest BCUT2D eigenvalue weighted by Gasteiger charge is -2.29. The number of carboxylic acids is 1. The van der Waals surface area contributed by atoms with Gasteiger partial charge < -0.3 is 14.7 Å². The highest BCUT2D eigenvalue weighted by Gasteiger charge is 2.25. The lowest BCUT2D eigenvalue weighted by atomic mass is 10.2. The maximum atomic E-state index is 11.9. The molecular formula is C13H12BrNO4. The number of halogens is 1. The van der Waals surface area contributed by atoms with E-state index < -0.39 is 5.97 Å². The Balaban J connectivity index is 2.33. The van der Waals surface area contributed by atoms with E-state index in [9.17, 15) is 9.59 Å². The molecule has 0 aliphatic carbocycles. The van der Waals surface area contributed by atoms with E-state index in [-0.39, 0.29) is 19.1 Å². The Morgan fingerprint density at radius 2 is 2.32 bits per heavy atom. The first-order chi connectivity index (χ1) is 8.97. The monoisotopic (exact) mass is 325 g/mol. The second-order valence-corrected chi connectivity index (χ2v) is 5.13. The van der Waals surface area contributed by atoms with Crippen LogP contribution in [-0.2, 0) is 9.59 Å². The van der Waals surface area contributed by atoms with Crippen molar-refractivity contribution in [2.24, 2.45) is 0 Å². The van der Waals surface area contributed by atoms with Crippen LogP contribution in [0.25, 0.3) is 0 Å². The van der Waals surface area contributed by atoms with Crippen molar-refractivity contribution < 1.29 is 19.4 Å². The summed E-state index contributed by atoms with van der Waals surface area (Å²) in [6.45, 7) is 1.88. The maximum Gasteiger partial charge on any atom is 0.328 e. The van der Waals surface area contributed by atoms with Gasteiger partial charge in [0.05, 0.1) is 5.69 Å². The van der Waals surface area contributed by atoms with Gasteiger partial charge in [0.15, 0.2) is 6.61 Å². The minimum atomic E-state index is -1.02. The molecule has 0 saturated heterocycles. The second-order valence-electron chi connectivity index (χ2n) is 4.21. The molecule has 1 N–H and O–H groups in total. The SMILES string of the molecule is C/C(=C\C(=O)O)CN1C(=O)COc2ccc(Br)cc21. The third kappa shape index (κ3) is 3.14. The van der Waals surface area contributed by atoms with Crippen molar-refractivity contribution in [3.63, 3.8) is 0 Å². The van der Waals surface area contributed by atoms with Crippen LogP contribution in [0.2, 0.25) is 0 Å². The van der Waals surface area contributed by atoms with Crippen LogP contribution in [0, 0.1) is 0 Å². The fourth-order valence-corrected chi connectivity index (χ4v) is 2.20. The fourth-order valence-electron chi connectivity index (χ4n) is 1.85. The number of carbonyl (C=O) groups excluding carboxylic acids is 1. The molecule has 0 fully saturated rings. The number of aliphatic carboxylic acids is 1. The van der Waals surface area contributed by atoms with Gasteiger partial charge in [-0.15, -0.1) is 0 Å². The average molecular weight is 326 g/mol. The molecule has 0 atom stereocenters. The number of ether oxygens (including phenoxy) is 1. The Bertz CT molecular complexity index is 568. The van der Waals surface area contributed by atoms with Crippen molar-refractivity contribution in [1.29, 1.82) is 0 Å². The number of amides is 1. The van der Waals surface area contributed by atoms with Crippen molar-refractivity contribution >= 4 is 33.5 Å². The number of benzene rings is 1. The number of nitrogens with zero attached hydrogens (tertiary/aromatic N) is 1. The molecule has 1 aliphatic heterocycles. The predicted octanol–water partition coefficient (Wildman–Crippen LogP) is 2.21. The first-order valence-corrected chi connectivity index (χ1v) is 6.39. The normalized spacial score (nSPS) is 14.9. The molecule has 1 amide bonds. The van der Waals surface area contributed by atoms with Gasteiger partial charge in [-0.2, -0.15) is 0 Å². The summed E-state index contributed by atoms with van der Waals surface area (Å²) in [5.41, 5.74) is 1.23. The summed E-state index contributed by atoms with van der Waals surface area (Å²) in [4.78, 5) is 24.0. The van der Waals surface area contributed by atoms with Crippen molar-refractivity contribution in [3.05, 3.63) is 34.3 Å². The van der Waals surface area contributed by atoms with Gasteiger partial charge in [-0.1, -0.05) is 15.9 Å². The molecule has 6 heteroatoms. The number of rotatable bonds is 3. The molecule has 2 rings (SSSR count). The van der Waals surface area contributed by atoms with Gasteiger partial charge in [-0.3, -0.25) is 4.79 Å². The summed E-state index contributed by atoms with van der Waals surface area (Å²) in [6, 6.07) is 5.38. The average Bonchev–Trinajstić information content (AvgIpc) is 2.32. The molecule has 19 heavy (non-hydrogen) atoms. The summed E-state index contributed by atoms with van der Waals surface area (Å²) < 4.78 is 6.16. The van der Waals surface area contributed by atoms with Gasteiger partial charge in [-0.05, 0) is 30.7 Å². The Labute approximate surface area is 118 Å². The molecule has 0 saturated carbocycles. The van der Waals surface area contributed by atoms with Crippen molar-refractivity contribution in [3.8, 4) is 5.75 Å². The summed E-state index contributed by atoms with van der Waals surface area (Å²) >= 11 is 3.34. The zero-order chi connectivity index (χ0) is 14.0. The van der Waals surface area contributed by atoms with Crippen molar-refractivity contribution in [1.82, 2.24) is 0 Å². The first kappa shape index (κ1) is 13.6. The fraction of sp³-hybridized carbons (Fsp3) is 0.231. The number of hydrogen-bond donors (Lipinski definition) is 1. The van der Waals surface area contributed by atoms with Crippen LogP contribution in [0.1, 0.15) is 6.92 Å². The van der Waals surface area contributed by atoms with E-state index in [1.807, 2.05) is 6.07 Å². The molecule has 1 aliphatic rings. The topological polar surface area (TPSA) is 66.8 Å². The molecule has 0 unspecified atom stereocenters. The molecule has 0 aromatic heterocycles. The second kappa shape index (κ2) is 5.44. The molecule has 0 spiro atoms. The van der Waals surface area contributed by atoms with E-state index >= 15 is 0 Å². The largest absolute Gasteiger partial charge is 0.482 e. The highest BCUT2D eigenvalue weighted by Crippen LogP contribution is 2.34. The van der Waals surface area contributed by atoms with Crippen LogP contribution in [0.4, 0.5) is 5.69 Å². The van der Waals surface area contributed by atoms with Crippen LogP contribution in [0.5, 0.6) is 5.75 Å². The first-order valence-electron chi connectivity index (χ1n) is 5.60. The number of fused-ring (bicyclic) bond motifs is 1. The van der Waals surface area contributed by atoms with Gasteiger partial charge in [-0.25, -0.2) is 4.79 Å². The smallest absolute Gasteiger partial charge is 0.328 e. The molecule has 100 valence electrons. The van der Waals surface area contributed by atoms with Crippen molar-refractivity contribution in [2.75, 3.05) is 18.1 Å². The van der Waals surface area contributed by atoms with Crippen molar-refractivity contribution in [2.45, 2.75) is 6.92 Å². The van der Waals surface area contributed by atoms with Gasteiger partial charge in [0, 0.05) is 17.1 Å². The highest BCUT2D eigenvalue weighted by atomic mass is 79.9. The molecule has 1 heterocycles. The lowest BCUT2D eigenvalue weighted by Crippen LogP contribution is -2.39. The zero-order valence-corrected chi connectivity index (χ0v) is 11.8. The third-order valence-corrected chi connectivity index (χ3v) is 3.13. The van der Waals surface area contributed by atoms with E-state index in [1.165, 1.54) is 4.90 Å². The van der Waals surface area contributed by atoms with Gasteiger partial charge >= 0.3 is 5.97 Å². The minimum absolute atomic E-state index is 0.0328. The number of hydrogen-bond acceptors (Lipinski definition) is 3. The minimum Gasteiger partial charge on any atom is -0.482 e. The van der Waals surface area contributed by atoms with Crippen LogP contribution in [0.3, 0.4) is 0 Å². The number of carbonyl (C=O) groups is 2. The van der Waals surface area contributed by atoms with E-state index in [4.69, 9.17) is 9.84 Å². The van der Waals surface area contributed by atoms with E-state index in [0.717, 1.165) is 10.5 Å². The Morgan fingerprint density at radius 3 is 3.00 bits per heavy atom. The highest BCUT2D eigenvalue weighted by molar-refractivity contribution is 9.10. The molecule has 0 bridgehead atoms. The van der Waals surface area contributed by atoms with E-state index in [0.29, 0.717) is 17.0 Å². The zero-order valence-electron chi connectivity index (χ0n) is 10.2. The Kier molecular flexibility index (Phi) is 3.90. The molecule has 0 radical (unpaired) electrons. The van der Waals surface area contributed by atoms with Crippen LogP contribution < -0.4 is 9.64 Å². The maximum absolute atomic E-state index is 11.9. The summed E-state index contributed by atoms with van der Waals surface area (Å²) in [6.07, 6.45) is 1.10. The number of carboxylic acid groups (broad SMARTS) is 1. The van der Waals surface area contributed by atoms with Gasteiger partial charge in [0.1, 0.15) is 5.75 Å². The predicted molar refractivity (Wildman–Crippen MR) is 73.4 cm³/mol. The quantitative estimate of drug-likeness (QED) is 0.865. The summed E-state index contributed by atoms with van der Waals surface area (Å²) in [5.74, 6) is -0.595. The van der Waals surface area contributed by atoms with E-state index in [2.05, 4.69) is 15.9 Å². The summed E-state index contributed by atoms with van der Waals surface area (Å²) in [5, 5.41) is 8.71. The lowest BCUT2D eigenvalue weighted by molar-refractivity contribution is -0.131.